The fraction of sp³-hybridized carbons (Fsp3) is 0.462. The van der Waals surface area contributed by atoms with Crippen LogP contribution in [0.2, 0.25) is 0 Å². The first-order chi connectivity index (χ1) is 7.71. The maximum atomic E-state index is 5.71. The van der Waals surface area contributed by atoms with Crippen LogP contribution in [0.15, 0.2) is 24.3 Å². The number of methoxy groups -OCH3 is 1. The summed E-state index contributed by atoms with van der Waals surface area (Å²) in [6.45, 7) is 4.09. The van der Waals surface area contributed by atoms with E-state index in [-0.39, 0.29) is 6.10 Å². The summed E-state index contributed by atoms with van der Waals surface area (Å²) in [5, 5.41) is 0.662. The predicted molar refractivity (Wildman–Crippen MR) is 70.0 cm³/mol. The predicted octanol–water partition coefficient (Wildman–Crippen LogP) is 3.90. The summed E-state index contributed by atoms with van der Waals surface area (Å²) in [4.78, 5) is 0. The summed E-state index contributed by atoms with van der Waals surface area (Å²) in [5.74, 6) is 0.849. The molecule has 0 fully saturated rings. The van der Waals surface area contributed by atoms with Gasteiger partial charge < -0.3 is 9.47 Å². The highest BCUT2D eigenvalue weighted by Crippen LogP contribution is 2.25. The SMILES string of the molecule is CCC(=S)OC(CC)c1cccc(OC)c1. The first-order valence-corrected chi connectivity index (χ1v) is 5.95. The van der Waals surface area contributed by atoms with E-state index in [0.717, 1.165) is 24.2 Å². The molecule has 0 bridgehead atoms. The quantitative estimate of drug-likeness (QED) is 0.725. The maximum absolute atomic E-state index is 5.71. The second kappa shape index (κ2) is 6.48. The first kappa shape index (κ1) is 13.0. The fourth-order valence-electron chi connectivity index (χ4n) is 1.47. The molecule has 0 saturated heterocycles. The number of hydrogen-bond donors (Lipinski definition) is 0. The molecule has 0 spiro atoms. The van der Waals surface area contributed by atoms with E-state index >= 15 is 0 Å². The molecule has 1 aromatic carbocycles. The number of benzene rings is 1. The second-order valence-electron chi connectivity index (χ2n) is 3.52. The van der Waals surface area contributed by atoms with Gasteiger partial charge in [0.2, 0.25) is 0 Å². The Kier molecular flexibility index (Phi) is 5.26. The minimum absolute atomic E-state index is 0.0301. The van der Waals surface area contributed by atoms with Gasteiger partial charge in [-0.15, -0.1) is 0 Å². The molecule has 1 unspecified atom stereocenters. The van der Waals surface area contributed by atoms with Gasteiger partial charge in [-0.25, -0.2) is 0 Å². The molecule has 88 valence electrons. The second-order valence-corrected chi connectivity index (χ2v) is 3.97. The van der Waals surface area contributed by atoms with Crippen LogP contribution in [-0.4, -0.2) is 12.2 Å². The Hall–Kier alpha value is -1.09. The molecule has 0 amide bonds. The lowest BCUT2D eigenvalue weighted by atomic mass is 10.1. The zero-order chi connectivity index (χ0) is 12.0. The van der Waals surface area contributed by atoms with Crippen LogP contribution in [0.25, 0.3) is 0 Å². The monoisotopic (exact) mass is 238 g/mol. The van der Waals surface area contributed by atoms with E-state index in [9.17, 15) is 0 Å². The van der Waals surface area contributed by atoms with Gasteiger partial charge in [-0.1, -0.05) is 26.0 Å². The molecule has 0 aliphatic rings. The molecule has 0 aliphatic heterocycles. The Balaban J connectivity index is 2.81. The molecular weight excluding hydrogens is 220 g/mol. The van der Waals surface area contributed by atoms with Crippen molar-refractivity contribution in [2.75, 3.05) is 7.11 Å². The third kappa shape index (κ3) is 3.49. The smallest absolute Gasteiger partial charge is 0.160 e. The van der Waals surface area contributed by atoms with Crippen LogP contribution >= 0.6 is 12.2 Å². The van der Waals surface area contributed by atoms with Gasteiger partial charge in [0.15, 0.2) is 5.05 Å². The summed E-state index contributed by atoms with van der Waals surface area (Å²) in [6.07, 6.45) is 1.70. The van der Waals surface area contributed by atoms with Gasteiger partial charge in [0.05, 0.1) is 7.11 Å². The van der Waals surface area contributed by atoms with Gasteiger partial charge in [-0.2, -0.15) is 0 Å². The van der Waals surface area contributed by atoms with E-state index in [1.807, 2.05) is 31.2 Å². The van der Waals surface area contributed by atoms with Crippen LogP contribution in [0.5, 0.6) is 5.75 Å². The summed E-state index contributed by atoms with van der Waals surface area (Å²) in [5.41, 5.74) is 1.11. The van der Waals surface area contributed by atoms with Crippen molar-refractivity contribution in [1.82, 2.24) is 0 Å². The molecule has 1 aromatic rings. The minimum Gasteiger partial charge on any atom is -0.497 e. The van der Waals surface area contributed by atoms with Gasteiger partial charge in [0.1, 0.15) is 11.9 Å². The Morgan fingerprint density at radius 2 is 2.12 bits per heavy atom. The van der Waals surface area contributed by atoms with E-state index in [1.54, 1.807) is 7.11 Å². The fourth-order valence-corrected chi connectivity index (χ4v) is 1.59. The highest BCUT2D eigenvalue weighted by Gasteiger charge is 2.12. The van der Waals surface area contributed by atoms with Crippen LogP contribution < -0.4 is 4.74 Å². The topological polar surface area (TPSA) is 18.5 Å². The summed E-state index contributed by atoms with van der Waals surface area (Å²) < 4.78 is 10.9. The molecule has 2 nitrogen and oxygen atoms in total. The van der Waals surface area contributed by atoms with E-state index in [2.05, 4.69) is 6.92 Å². The zero-order valence-corrected chi connectivity index (χ0v) is 10.8. The highest BCUT2D eigenvalue weighted by molar-refractivity contribution is 7.80. The Morgan fingerprint density at radius 3 is 2.69 bits per heavy atom. The number of ether oxygens (including phenoxy) is 2. The van der Waals surface area contributed by atoms with Crippen LogP contribution in [0.4, 0.5) is 0 Å². The van der Waals surface area contributed by atoms with Crippen molar-refractivity contribution in [3.8, 4) is 5.75 Å². The zero-order valence-electron chi connectivity index (χ0n) is 10.0. The normalized spacial score (nSPS) is 11.9. The van der Waals surface area contributed by atoms with Crippen LogP contribution in [-0.2, 0) is 4.74 Å². The molecular formula is C13H18O2S. The molecule has 0 aliphatic carbocycles. The highest BCUT2D eigenvalue weighted by atomic mass is 32.1. The first-order valence-electron chi connectivity index (χ1n) is 5.54. The molecule has 0 radical (unpaired) electrons. The molecule has 1 rings (SSSR count). The van der Waals surface area contributed by atoms with Crippen LogP contribution in [0.3, 0.4) is 0 Å². The van der Waals surface area contributed by atoms with Crippen molar-refractivity contribution in [3.63, 3.8) is 0 Å². The van der Waals surface area contributed by atoms with E-state index in [0.29, 0.717) is 5.05 Å². The third-order valence-corrected chi connectivity index (χ3v) is 2.78. The summed E-state index contributed by atoms with van der Waals surface area (Å²) in [7, 11) is 1.66. The Labute approximate surface area is 103 Å². The van der Waals surface area contributed by atoms with Gasteiger partial charge in [-0.05, 0) is 36.3 Å². The standard InChI is InChI=1S/C13H18O2S/c1-4-12(15-13(16)5-2)10-7-6-8-11(9-10)14-3/h6-9,12H,4-5H2,1-3H3. The summed E-state index contributed by atoms with van der Waals surface area (Å²) in [6, 6.07) is 7.92. The Morgan fingerprint density at radius 1 is 1.38 bits per heavy atom. The van der Waals surface area contributed by atoms with Gasteiger partial charge in [0.25, 0.3) is 0 Å². The van der Waals surface area contributed by atoms with Crippen molar-refractivity contribution in [3.05, 3.63) is 29.8 Å². The molecule has 1 atom stereocenters. The van der Waals surface area contributed by atoms with Crippen molar-refractivity contribution in [2.45, 2.75) is 32.8 Å². The van der Waals surface area contributed by atoms with E-state index in [4.69, 9.17) is 21.7 Å². The maximum Gasteiger partial charge on any atom is 0.160 e. The van der Waals surface area contributed by atoms with Crippen molar-refractivity contribution >= 4 is 17.3 Å². The van der Waals surface area contributed by atoms with E-state index in [1.165, 1.54) is 0 Å². The van der Waals surface area contributed by atoms with E-state index < -0.39 is 0 Å². The number of hydrogen-bond acceptors (Lipinski definition) is 3. The lowest BCUT2D eigenvalue weighted by molar-refractivity contribution is 0.188. The minimum atomic E-state index is 0.0301. The van der Waals surface area contributed by atoms with Gasteiger partial charge in [-0.3, -0.25) is 0 Å². The van der Waals surface area contributed by atoms with Crippen molar-refractivity contribution in [2.24, 2.45) is 0 Å². The van der Waals surface area contributed by atoms with Gasteiger partial charge >= 0.3 is 0 Å². The van der Waals surface area contributed by atoms with Crippen LogP contribution in [0, 0.1) is 0 Å². The van der Waals surface area contributed by atoms with Crippen LogP contribution in [0.1, 0.15) is 38.4 Å². The van der Waals surface area contributed by atoms with Crippen molar-refractivity contribution < 1.29 is 9.47 Å². The molecule has 16 heavy (non-hydrogen) atoms. The molecule has 0 heterocycles. The van der Waals surface area contributed by atoms with Crippen molar-refractivity contribution in [1.29, 1.82) is 0 Å². The molecule has 0 N–H and O–H groups in total. The average Bonchev–Trinajstić information content (AvgIpc) is 2.35. The lowest BCUT2D eigenvalue weighted by Crippen LogP contribution is -2.08. The Bertz CT molecular complexity index is 350. The van der Waals surface area contributed by atoms with Gasteiger partial charge in [0, 0.05) is 6.42 Å². The number of rotatable bonds is 5. The molecule has 3 heteroatoms. The molecule has 0 aromatic heterocycles. The lowest BCUT2D eigenvalue weighted by Gasteiger charge is -2.18. The largest absolute Gasteiger partial charge is 0.497 e. The molecule has 0 saturated carbocycles. The number of thiocarbonyl (C=S) groups is 1. The average molecular weight is 238 g/mol. The summed E-state index contributed by atoms with van der Waals surface area (Å²) >= 11 is 5.11. The third-order valence-electron chi connectivity index (χ3n) is 2.40.